The van der Waals surface area contributed by atoms with Gasteiger partial charge in [-0.1, -0.05) is 41.9 Å². The van der Waals surface area contributed by atoms with Gasteiger partial charge in [-0.25, -0.2) is 4.39 Å². The zero-order chi connectivity index (χ0) is 23.2. The molecule has 3 fully saturated rings. The van der Waals surface area contributed by atoms with Gasteiger partial charge in [0.2, 0.25) is 0 Å². The van der Waals surface area contributed by atoms with Crippen molar-refractivity contribution in [3.05, 3.63) is 71.1 Å². The standard InChI is InChI=1S/C24H22ClFN4O3/c1-30-20(15-5-3-2-4-6-15)10-19(29-30)22(32)28-24-12-23(13-24,14-24)27-21(31)11-33-16-7-8-17(25)18(26)9-16/h2-10H,11-14H2,1H3,(H,27,31)(H,28,32). The minimum Gasteiger partial charge on any atom is -0.484 e. The molecule has 7 nitrogen and oxygen atoms in total. The fourth-order valence-corrected chi connectivity index (χ4v) is 4.98. The van der Waals surface area contributed by atoms with Crippen molar-refractivity contribution in [1.29, 1.82) is 0 Å². The summed E-state index contributed by atoms with van der Waals surface area (Å²) in [5.41, 5.74) is 1.58. The van der Waals surface area contributed by atoms with Crippen molar-refractivity contribution in [2.24, 2.45) is 7.05 Å². The van der Waals surface area contributed by atoms with E-state index >= 15 is 0 Å². The molecular weight excluding hydrogens is 447 g/mol. The van der Waals surface area contributed by atoms with Crippen molar-refractivity contribution in [2.45, 2.75) is 30.3 Å². The maximum atomic E-state index is 13.5. The SMILES string of the molecule is Cn1nc(C(=O)NC23CC(NC(=O)COc4ccc(Cl)c(F)c4)(C2)C3)cc1-c1ccccc1. The molecule has 0 spiro atoms. The van der Waals surface area contributed by atoms with E-state index in [0.717, 1.165) is 17.3 Å². The van der Waals surface area contributed by atoms with Gasteiger partial charge in [0.15, 0.2) is 12.3 Å². The van der Waals surface area contributed by atoms with Crippen molar-refractivity contribution in [2.75, 3.05) is 6.61 Å². The Balaban J connectivity index is 1.12. The number of amides is 2. The molecule has 2 amide bonds. The zero-order valence-corrected chi connectivity index (χ0v) is 18.7. The van der Waals surface area contributed by atoms with Crippen molar-refractivity contribution >= 4 is 23.4 Å². The highest BCUT2D eigenvalue weighted by Gasteiger charge is 2.69. The Kier molecular flexibility index (Phi) is 5.12. The maximum absolute atomic E-state index is 13.5. The van der Waals surface area contributed by atoms with Crippen LogP contribution in [0.2, 0.25) is 5.02 Å². The van der Waals surface area contributed by atoms with Crippen LogP contribution in [0.4, 0.5) is 4.39 Å². The first kappa shape index (κ1) is 21.5. The van der Waals surface area contributed by atoms with Gasteiger partial charge in [-0.2, -0.15) is 5.10 Å². The Bertz CT molecular complexity index is 1220. The second kappa shape index (κ2) is 7.88. The van der Waals surface area contributed by atoms with E-state index < -0.39 is 5.82 Å². The van der Waals surface area contributed by atoms with Crippen LogP contribution in [-0.2, 0) is 11.8 Å². The number of ether oxygens (including phenoxy) is 1. The lowest BCUT2D eigenvalue weighted by molar-refractivity contribution is -0.141. The molecule has 33 heavy (non-hydrogen) atoms. The summed E-state index contributed by atoms with van der Waals surface area (Å²) < 4.78 is 20.5. The Labute approximate surface area is 194 Å². The van der Waals surface area contributed by atoms with E-state index in [9.17, 15) is 14.0 Å². The average molecular weight is 469 g/mol. The third kappa shape index (κ3) is 4.06. The van der Waals surface area contributed by atoms with E-state index in [-0.39, 0.29) is 40.3 Å². The summed E-state index contributed by atoms with van der Waals surface area (Å²) in [5.74, 6) is -0.878. The molecule has 0 unspecified atom stereocenters. The van der Waals surface area contributed by atoms with Crippen LogP contribution < -0.4 is 15.4 Å². The molecule has 0 aliphatic heterocycles. The maximum Gasteiger partial charge on any atom is 0.272 e. The Morgan fingerprint density at radius 3 is 2.48 bits per heavy atom. The number of rotatable bonds is 7. The number of aryl methyl sites for hydroxylation is 1. The molecule has 0 saturated heterocycles. The molecule has 1 aromatic heterocycles. The van der Waals surface area contributed by atoms with Crippen LogP contribution in [0.15, 0.2) is 54.6 Å². The Morgan fingerprint density at radius 2 is 1.79 bits per heavy atom. The quantitative estimate of drug-likeness (QED) is 0.556. The van der Waals surface area contributed by atoms with E-state index in [0.29, 0.717) is 25.0 Å². The third-order valence-corrected chi connectivity index (χ3v) is 6.56. The van der Waals surface area contributed by atoms with Crippen LogP contribution in [0.1, 0.15) is 29.8 Å². The molecule has 3 aliphatic rings. The molecule has 3 aliphatic carbocycles. The Hall–Kier alpha value is -3.39. The van der Waals surface area contributed by atoms with Gasteiger partial charge in [-0.05, 0) is 43.0 Å². The van der Waals surface area contributed by atoms with E-state index in [2.05, 4.69) is 15.7 Å². The number of aromatic nitrogens is 2. The highest BCUT2D eigenvalue weighted by atomic mass is 35.5. The Morgan fingerprint density at radius 1 is 1.09 bits per heavy atom. The van der Waals surface area contributed by atoms with Crippen LogP contribution in [-0.4, -0.2) is 39.3 Å². The normalized spacial score (nSPS) is 22.6. The molecule has 3 aromatic rings. The molecule has 1 heterocycles. The molecular formula is C24H22ClFN4O3. The van der Waals surface area contributed by atoms with E-state index in [1.807, 2.05) is 37.4 Å². The fraction of sp³-hybridized carbons (Fsp3) is 0.292. The molecule has 6 rings (SSSR count). The lowest BCUT2D eigenvalue weighted by atomic mass is 9.44. The van der Waals surface area contributed by atoms with Crippen molar-refractivity contribution < 1.29 is 18.7 Å². The molecule has 0 radical (unpaired) electrons. The molecule has 2 N–H and O–H groups in total. The van der Waals surface area contributed by atoms with Crippen LogP contribution in [0.3, 0.4) is 0 Å². The monoisotopic (exact) mass is 468 g/mol. The van der Waals surface area contributed by atoms with Gasteiger partial charge >= 0.3 is 0 Å². The van der Waals surface area contributed by atoms with Gasteiger partial charge in [0.25, 0.3) is 11.8 Å². The van der Waals surface area contributed by atoms with Crippen molar-refractivity contribution in [1.82, 2.24) is 20.4 Å². The molecule has 0 atom stereocenters. The third-order valence-electron chi connectivity index (χ3n) is 6.26. The first-order valence-corrected chi connectivity index (χ1v) is 11.0. The summed E-state index contributed by atoms with van der Waals surface area (Å²) in [7, 11) is 1.81. The minimum atomic E-state index is -0.601. The molecule has 2 bridgehead atoms. The number of nitrogens with one attached hydrogen (secondary N) is 2. The van der Waals surface area contributed by atoms with Crippen LogP contribution in [0.25, 0.3) is 11.3 Å². The first-order chi connectivity index (χ1) is 15.8. The summed E-state index contributed by atoms with van der Waals surface area (Å²) in [6, 6.07) is 15.6. The highest BCUT2D eigenvalue weighted by molar-refractivity contribution is 6.30. The lowest BCUT2D eigenvalue weighted by Gasteiger charge is -2.70. The second-order valence-electron chi connectivity index (χ2n) is 8.86. The second-order valence-corrected chi connectivity index (χ2v) is 9.27. The number of carbonyl (C=O) groups is 2. The van der Waals surface area contributed by atoms with Gasteiger partial charge in [0.05, 0.1) is 10.7 Å². The number of halogens is 2. The van der Waals surface area contributed by atoms with Gasteiger partial charge < -0.3 is 15.4 Å². The van der Waals surface area contributed by atoms with Crippen LogP contribution >= 0.6 is 11.6 Å². The van der Waals surface area contributed by atoms with Crippen LogP contribution in [0, 0.1) is 5.82 Å². The molecule has 170 valence electrons. The first-order valence-electron chi connectivity index (χ1n) is 10.6. The van der Waals surface area contributed by atoms with E-state index in [4.69, 9.17) is 16.3 Å². The summed E-state index contributed by atoms with van der Waals surface area (Å²) in [6.07, 6.45) is 1.97. The largest absolute Gasteiger partial charge is 0.484 e. The summed E-state index contributed by atoms with van der Waals surface area (Å²) >= 11 is 5.64. The smallest absolute Gasteiger partial charge is 0.272 e. The molecule has 2 aromatic carbocycles. The number of carbonyl (C=O) groups excluding carboxylic acids is 2. The highest BCUT2D eigenvalue weighted by Crippen LogP contribution is 2.60. The van der Waals surface area contributed by atoms with E-state index in [1.54, 1.807) is 10.7 Å². The summed E-state index contributed by atoms with van der Waals surface area (Å²) in [6.45, 7) is -0.224. The zero-order valence-electron chi connectivity index (χ0n) is 17.9. The fourth-order valence-electron chi connectivity index (χ4n) is 4.86. The van der Waals surface area contributed by atoms with Crippen molar-refractivity contribution in [3.8, 4) is 17.0 Å². The average Bonchev–Trinajstić information content (AvgIpc) is 3.14. The van der Waals surface area contributed by atoms with Crippen molar-refractivity contribution in [3.63, 3.8) is 0 Å². The minimum absolute atomic E-state index is 0.00462. The topological polar surface area (TPSA) is 85.3 Å². The predicted molar refractivity (Wildman–Crippen MR) is 120 cm³/mol. The number of nitrogens with zero attached hydrogens (tertiary/aromatic N) is 2. The van der Waals surface area contributed by atoms with Gasteiger partial charge in [-0.3, -0.25) is 14.3 Å². The molecule has 9 heteroatoms. The van der Waals surface area contributed by atoms with Gasteiger partial charge in [0.1, 0.15) is 11.6 Å². The summed E-state index contributed by atoms with van der Waals surface area (Å²) in [5, 5.41) is 10.4. The number of hydrogen-bond donors (Lipinski definition) is 2. The number of benzene rings is 2. The number of hydrogen-bond acceptors (Lipinski definition) is 4. The summed E-state index contributed by atoms with van der Waals surface area (Å²) in [4.78, 5) is 25.0. The van der Waals surface area contributed by atoms with Gasteiger partial charge in [0, 0.05) is 24.2 Å². The van der Waals surface area contributed by atoms with Crippen LogP contribution in [0.5, 0.6) is 5.75 Å². The van der Waals surface area contributed by atoms with Gasteiger partial charge in [-0.15, -0.1) is 0 Å². The predicted octanol–water partition coefficient (Wildman–Crippen LogP) is 3.48. The van der Waals surface area contributed by atoms with E-state index in [1.165, 1.54) is 12.1 Å². The molecule has 3 saturated carbocycles. The lowest BCUT2D eigenvalue weighted by Crippen LogP contribution is -2.84.